The minimum Gasteiger partial charge on any atom is -0.478 e. The third-order valence-corrected chi connectivity index (χ3v) is 2.51. The SMILES string of the molecule is CCC(=O)c1cccc(Br)c1C(=O)O. The zero-order valence-electron chi connectivity index (χ0n) is 7.58. The van der Waals surface area contributed by atoms with Crippen molar-refractivity contribution in [3.8, 4) is 0 Å². The number of ketones is 1. The highest BCUT2D eigenvalue weighted by Crippen LogP contribution is 2.21. The Balaban J connectivity index is 3.35. The van der Waals surface area contributed by atoms with Crippen molar-refractivity contribution in [2.45, 2.75) is 13.3 Å². The molecule has 3 nitrogen and oxygen atoms in total. The van der Waals surface area contributed by atoms with Gasteiger partial charge in [-0.1, -0.05) is 19.1 Å². The van der Waals surface area contributed by atoms with E-state index in [0.717, 1.165) is 0 Å². The van der Waals surface area contributed by atoms with Gasteiger partial charge in [-0.15, -0.1) is 0 Å². The van der Waals surface area contributed by atoms with E-state index in [-0.39, 0.29) is 16.9 Å². The molecule has 74 valence electrons. The molecule has 0 aromatic heterocycles. The molecule has 0 spiro atoms. The number of carbonyl (C=O) groups excluding carboxylic acids is 1. The molecule has 0 aliphatic rings. The van der Waals surface area contributed by atoms with Gasteiger partial charge in [0.2, 0.25) is 0 Å². The first-order valence-corrected chi connectivity index (χ1v) is 4.92. The summed E-state index contributed by atoms with van der Waals surface area (Å²) < 4.78 is 0.435. The van der Waals surface area contributed by atoms with Crippen molar-refractivity contribution in [1.29, 1.82) is 0 Å². The maximum atomic E-state index is 11.4. The van der Waals surface area contributed by atoms with Crippen LogP contribution in [0, 0.1) is 0 Å². The molecule has 0 radical (unpaired) electrons. The minimum atomic E-state index is -1.09. The number of aromatic carboxylic acids is 1. The van der Waals surface area contributed by atoms with E-state index in [1.54, 1.807) is 19.1 Å². The van der Waals surface area contributed by atoms with Crippen LogP contribution >= 0.6 is 15.9 Å². The van der Waals surface area contributed by atoms with E-state index in [0.29, 0.717) is 10.9 Å². The van der Waals surface area contributed by atoms with E-state index < -0.39 is 5.97 Å². The number of halogens is 1. The summed E-state index contributed by atoms with van der Waals surface area (Å²) in [7, 11) is 0. The molecule has 1 N–H and O–H groups in total. The van der Waals surface area contributed by atoms with Gasteiger partial charge in [-0.05, 0) is 22.0 Å². The van der Waals surface area contributed by atoms with Crippen LogP contribution in [0.2, 0.25) is 0 Å². The number of hydrogen-bond donors (Lipinski definition) is 1. The van der Waals surface area contributed by atoms with Gasteiger partial charge in [-0.2, -0.15) is 0 Å². The summed E-state index contributed by atoms with van der Waals surface area (Å²) >= 11 is 3.11. The van der Waals surface area contributed by atoms with Crippen molar-refractivity contribution in [3.63, 3.8) is 0 Å². The Kier molecular flexibility index (Phi) is 3.41. The molecule has 1 aromatic carbocycles. The number of hydrogen-bond acceptors (Lipinski definition) is 2. The number of carboxylic acids is 1. The van der Waals surface area contributed by atoms with Gasteiger partial charge in [0.25, 0.3) is 0 Å². The Labute approximate surface area is 89.9 Å². The van der Waals surface area contributed by atoms with Crippen molar-refractivity contribution in [1.82, 2.24) is 0 Å². The molecule has 0 saturated heterocycles. The molecular formula is C10H9BrO3. The molecule has 0 saturated carbocycles. The lowest BCUT2D eigenvalue weighted by Gasteiger charge is -2.05. The molecule has 1 aromatic rings. The molecule has 0 heterocycles. The Morgan fingerprint density at radius 1 is 1.43 bits per heavy atom. The molecule has 0 atom stereocenters. The second-order valence-electron chi connectivity index (χ2n) is 2.74. The largest absolute Gasteiger partial charge is 0.478 e. The number of benzene rings is 1. The molecule has 0 aliphatic carbocycles. The molecule has 0 aliphatic heterocycles. The Morgan fingerprint density at radius 2 is 2.07 bits per heavy atom. The second-order valence-corrected chi connectivity index (χ2v) is 3.60. The van der Waals surface area contributed by atoms with Crippen LogP contribution in [0.5, 0.6) is 0 Å². The summed E-state index contributed by atoms with van der Waals surface area (Å²) in [6, 6.07) is 4.79. The lowest BCUT2D eigenvalue weighted by molar-refractivity contribution is 0.0691. The number of Topliss-reactive ketones (excluding diaryl/α,β-unsaturated/α-hetero) is 1. The zero-order chi connectivity index (χ0) is 10.7. The predicted molar refractivity (Wildman–Crippen MR) is 55.7 cm³/mol. The van der Waals surface area contributed by atoms with Crippen LogP contribution in [0.3, 0.4) is 0 Å². The average molecular weight is 257 g/mol. The van der Waals surface area contributed by atoms with E-state index in [1.807, 2.05) is 0 Å². The highest BCUT2D eigenvalue weighted by Gasteiger charge is 2.17. The summed E-state index contributed by atoms with van der Waals surface area (Å²) in [6.45, 7) is 1.70. The third-order valence-electron chi connectivity index (χ3n) is 1.85. The monoisotopic (exact) mass is 256 g/mol. The fourth-order valence-corrected chi connectivity index (χ4v) is 1.70. The van der Waals surface area contributed by atoms with E-state index in [2.05, 4.69) is 15.9 Å². The average Bonchev–Trinajstić information content (AvgIpc) is 2.15. The first kappa shape index (κ1) is 10.9. The van der Waals surface area contributed by atoms with Gasteiger partial charge in [0, 0.05) is 16.5 Å². The Hall–Kier alpha value is -1.16. The Morgan fingerprint density at radius 3 is 2.57 bits per heavy atom. The van der Waals surface area contributed by atoms with Gasteiger partial charge in [0.05, 0.1) is 5.56 Å². The number of rotatable bonds is 3. The molecule has 4 heteroatoms. The first-order valence-electron chi connectivity index (χ1n) is 4.13. The molecule has 0 unspecified atom stereocenters. The van der Waals surface area contributed by atoms with Crippen molar-refractivity contribution < 1.29 is 14.7 Å². The lowest BCUT2D eigenvalue weighted by Crippen LogP contribution is -2.08. The lowest BCUT2D eigenvalue weighted by atomic mass is 10.0. The maximum absolute atomic E-state index is 11.4. The first-order chi connectivity index (χ1) is 6.57. The summed E-state index contributed by atoms with van der Waals surface area (Å²) in [6.07, 6.45) is 0.302. The summed E-state index contributed by atoms with van der Waals surface area (Å²) in [5, 5.41) is 8.91. The van der Waals surface area contributed by atoms with Crippen LogP contribution in [0.4, 0.5) is 0 Å². The van der Waals surface area contributed by atoms with Gasteiger partial charge in [-0.3, -0.25) is 4.79 Å². The van der Waals surface area contributed by atoms with Gasteiger partial charge in [0.1, 0.15) is 0 Å². The van der Waals surface area contributed by atoms with Crippen molar-refractivity contribution in [2.24, 2.45) is 0 Å². The maximum Gasteiger partial charge on any atom is 0.337 e. The second kappa shape index (κ2) is 4.37. The summed E-state index contributed by atoms with van der Waals surface area (Å²) in [5.41, 5.74) is 0.300. The number of carbonyl (C=O) groups is 2. The van der Waals surface area contributed by atoms with Gasteiger partial charge in [-0.25, -0.2) is 4.79 Å². The van der Waals surface area contributed by atoms with Crippen LogP contribution in [-0.2, 0) is 0 Å². The fourth-order valence-electron chi connectivity index (χ4n) is 1.16. The van der Waals surface area contributed by atoms with E-state index in [9.17, 15) is 9.59 Å². The zero-order valence-corrected chi connectivity index (χ0v) is 9.17. The van der Waals surface area contributed by atoms with E-state index in [1.165, 1.54) is 6.07 Å². The topological polar surface area (TPSA) is 54.4 Å². The summed E-state index contributed by atoms with van der Waals surface area (Å²) in [5.74, 6) is -1.25. The van der Waals surface area contributed by atoms with Crippen LogP contribution in [0.15, 0.2) is 22.7 Å². The summed E-state index contributed by atoms with van der Waals surface area (Å²) in [4.78, 5) is 22.3. The van der Waals surface area contributed by atoms with Crippen molar-refractivity contribution in [2.75, 3.05) is 0 Å². The molecule has 0 amide bonds. The van der Waals surface area contributed by atoms with E-state index in [4.69, 9.17) is 5.11 Å². The van der Waals surface area contributed by atoms with E-state index >= 15 is 0 Å². The molecule has 14 heavy (non-hydrogen) atoms. The van der Waals surface area contributed by atoms with Gasteiger partial charge >= 0.3 is 5.97 Å². The quantitative estimate of drug-likeness (QED) is 0.847. The van der Waals surface area contributed by atoms with Crippen LogP contribution in [0.25, 0.3) is 0 Å². The standard InChI is InChI=1S/C10H9BrO3/c1-2-8(12)6-4-3-5-7(11)9(6)10(13)14/h3-5H,2H2,1H3,(H,13,14). The fraction of sp³-hybridized carbons (Fsp3) is 0.200. The van der Waals surface area contributed by atoms with Crippen LogP contribution in [0.1, 0.15) is 34.1 Å². The third kappa shape index (κ3) is 2.01. The molecule has 0 bridgehead atoms. The number of carboxylic acid groups (broad SMARTS) is 1. The van der Waals surface area contributed by atoms with Gasteiger partial charge in [0.15, 0.2) is 5.78 Å². The molecular weight excluding hydrogens is 248 g/mol. The molecule has 1 rings (SSSR count). The highest BCUT2D eigenvalue weighted by atomic mass is 79.9. The highest BCUT2D eigenvalue weighted by molar-refractivity contribution is 9.10. The van der Waals surface area contributed by atoms with Crippen LogP contribution in [-0.4, -0.2) is 16.9 Å². The molecule has 0 fully saturated rings. The normalized spacial score (nSPS) is 9.86. The Bertz CT molecular complexity index is 385. The van der Waals surface area contributed by atoms with Crippen molar-refractivity contribution >= 4 is 27.7 Å². The van der Waals surface area contributed by atoms with Crippen LogP contribution < -0.4 is 0 Å². The smallest absolute Gasteiger partial charge is 0.337 e. The minimum absolute atomic E-state index is 0.0411. The van der Waals surface area contributed by atoms with Gasteiger partial charge < -0.3 is 5.11 Å². The van der Waals surface area contributed by atoms with Crippen molar-refractivity contribution in [3.05, 3.63) is 33.8 Å². The predicted octanol–water partition coefficient (Wildman–Crippen LogP) is 2.74.